The lowest BCUT2D eigenvalue weighted by Crippen LogP contribution is -2.26. The lowest BCUT2D eigenvalue weighted by atomic mass is 9.92. The molecule has 1 aromatic carbocycles. The molecule has 0 unspecified atom stereocenters. The highest BCUT2D eigenvalue weighted by Crippen LogP contribution is 2.32. The Morgan fingerprint density at radius 2 is 1.70 bits per heavy atom. The number of pyridine rings is 1. The van der Waals surface area contributed by atoms with Crippen LogP contribution in [-0.2, 0) is 20.2 Å². The number of nitrogens with one attached hydrogen (secondary N) is 2. The van der Waals surface area contributed by atoms with E-state index in [2.05, 4.69) is 41.5 Å². The molecule has 2 aromatic heterocycles. The minimum absolute atomic E-state index is 0.00596. The van der Waals surface area contributed by atoms with Crippen LogP contribution in [0.5, 0.6) is 0 Å². The molecule has 0 bridgehead atoms. The first-order valence-corrected chi connectivity index (χ1v) is 11.1. The Morgan fingerprint density at radius 3 is 2.18 bits per heavy atom. The summed E-state index contributed by atoms with van der Waals surface area (Å²) in [7, 11) is -3.61. The van der Waals surface area contributed by atoms with Crippen LogP contribution >= 0.6 is 0 Å². The number of hydrogen-bond donors (Lipinski definition) is 4. The minimum atomic E-state index is -5.08. The van der Waals surface area contributed by atoms with Crippen LogP contribution in [0.3, 0.4) is 0 Å². The molecular formula is C21H24F3N3O5S. The van der Waals surface area contributed by atoms with Gasteiger partial charge in [0.2, 0.25) is 10.0 Å². The Balaban J connectivity index is 0.000000479. The smallest absolute Gasteiger partial charge is 0.475 e. The van der Waals surface area contributed by atoms with E-state index >= 15 is 0 Å². The first kappa shape index (κ1) is 26.3. The van der Waals surface area contributed by atoms with Gasteiger partial charge in [-0.3, -0.25) is 0 Å². The number of aromatic amines is 1. The van der Waals surface area contributed by atoms with Crippen LogP contribution in [0.2, 0.25) is 0 Å². The number of sulfonamides is 1. The Morgan fingerprint density at radius 1 is 1.12 bits per heavy atom. The molecule has 0 spiro atoms. The predicted octanol–water partition coefficient (Wildman–Crippen LogP) is 3.43. The summed E-state index contributed by atoms with van der Waals surface area (Å²) in [5.41, 5.74) is 3.80. The lowest BCUT2D eigenvalue weighted by Gasteiger charge is -2.15. The van der Waals surface area contributed by atoms with E-state index in [4.69, 9.17) is 15.0 Å². The molecule has 0 radical (unpaired) electrons. The molecule has 180 valence electrons. The standard InChI is InChI=1S/C19H23N3O3S.C2HF3O2/c1-19(2,3)17-12-16-15(8-9-20-18(16)22-17)13-4-6-14(7-5-13)26(24,25)21-10-11-23;3-2(4,5)1(6)7/h4-9,12,21,23H,10-11H2,1-3H3,(H,20,22);(H,6,7). The fourth-order valence-corrected chi connectivity index (χ4v) is 3.78. The zero-order valence-corrected chi connectivity index (χ0v) is 18.9. The van der Waals surface area contributed by atoms with Gasteiger partial charge in [-0.25, -0.2) is 22.9 Å². The third-order valence-electron chi connectivity index (χ3n) is 4.46. The third-order valence-corrected chi connectivity index (χ3v) is 5.94. The van der Waals surface area contributed by atoms with Crippen molar-refractivity contribution >= 4 is 27.0 Å². The molecule has 33 heavy (non-hydrogen) atoms. The van der Waals surface area contributed by atoms with Gasteiger partial charge in [0.1, 0.15) is 5.65 Å². The minimum Gasteiger partial charge on any atom is -0.475 e. The number of carboxylic acids is 1. The van der Waals surface area contributed by atoms with E-state index in [-0.39, 0.29) is 23.5 Å². The topological polar surface area (TPSA) is 132 Å². The van der Waals surface area contributed by atoms with Crippen LogP contribution in [0, 0.1) is 0 Å². The zero-order valence-electron chi connectivity index (χ0n) is 18.1. The van der Waals surface area contributed by atoms with Crippen molar-refractivity contribution in [3.8, 4) is 11.1 Å². The van der Waals surface area contributed by atoms with Crippen LogP contribution in [0.25, 0.3) is 22.2 Å². The molecule has 0 fully saturated rings. The van der Waals surface area contributed by atoms with Gasteiger partial charge in [0.15, 0.2) is 0 Å². The quantitative estimate of drug-likeness (QED) is 0.436. The Kier molecular flexibility index (Phi) is 7.88. The summed E-state index contributed by atoms with van der Waals surface area (Å²) < 4.78 is 58.3. The van der Waals surface area contributed by atoms with Crippen LogP contribution in [-0.4, -0.2) is 53.9 Å². The third kappa shape index (κ3) is 6.76. The van der Waals surface area contributed by atoms with Crippen LogP contribution < -0.4 is 4.72 Å². The van der Waals surface area contributed by atoms with Gasteiger partial charge in [-0.15, -0.1) is 0 Å². The summed E-state index contributed by atoms with van der Waals surface area (Å²) in [6, 6.07) is 10.7. The molecule has 0 aliphatic carbocycles. The van der Waals surface area contributed by atoms with Crippen LogP contribution in [0.15, 0.2) is 47.5 Å². The van der Waals surface area contributed by atoms with Gasteiger partial charge in [0.05, 0.1) is 11.5 Å². The number of hydrogen-bond acceptors (Lipinski definition) is 5. The Labute approximate surface area is 188 Å². The molecule has 8 nitrogen and oxygen atoms in total. The highest BCUT2D eigenvalue weighted by molar-refractivity contribution is 7.89. The summed E-state index contributed by atoms with van der Waals surface area (Å²) >= 11 is 0. The molecule has 0 saturated carbocycles. The molecule has 12 heteroatoms. The number of halogens is 3. The lowest BCUT2D eigenvalue weighted by molar-refractivity contribution is -0.192. The van der Waals surface area contributed by atoms with Gasteiger partial charge in [0, 0.05) is 29.2 Å². The van der Waals surface area contributed by atoms with E-state index in [9.17, 15) is 21.6 Å². The van der Waals surface area contributed by atoms with Gasteiger partial charge in [-0.2, -0.15) is 13.2 Å². The number of carbonyl (C=O) groups is 1. The number of rotatable bonds is 5. The number of aliphatic hydroxyl groups excluding tert-OH is 1. The summed E-state index contributed by atoms with van der Waals surface area (Å²) in [4.78, 5) is 16.8. The second-order valence-electron chi connectivity index (χ2n) is 8.00. The van der Waals surface area contributed by atoms with Gasteiger partial charge in [-0.1, -0.05) is 32.9 Å². The van der Waals surface area contributed by atoms with Crippen LogP contribution in [0.4, 0.5) is 13.2 Å². The number of aliphatic hydroxyl groups is 1. The number of nitrogens with zero attached hydrogens (tertiary/aromatic N) is 1. The maximum atomic E-state index is 12.1. The van der Waals surface area contributed by atoms with E-state index in [0.29, 0.717) is 0 Å². The first-order valence-electron chi connectivity index (χ1n) is 9.66. The molecule has 2 heterocycles. The van der Waals surface area contributed by atoms with E-state index in [1.807, 2.05) is 6.07 Å². The monoisotopic (exact) mass is 487 g/mol. The van der Waals surface area contributed by atoms with Gasteiger partial charge >= 0.3 is 12.1 Å². The molecule has 0 atom stereocenters. The second-order valence-corrected chi connectivity index (χ2v) is 9.77. The number of H-pyrrole nitrogens is 1. The SMILES string of the molecule is CC(C)(C)c1cc2c(-c3ccc(S(=O)(=O)NCCO)cc3)ccnc2[nH]1.O=C(O)C(F)(F)F. The molecular weight excluding hydrogens is 463 g/mol. The van der Waals surface area contributed by atoms with E-state index in [1.54, 1.807) is 30.5 Å². The van der Waals surface area contributed by atoms with Crippen molar-refractivity contribution in [1.82, 2.24) is 14.7 Å². The first-order chi connectivity index (χ1) is 15.2. The van der Waals surface area contributed by atoms with Crippen LogP contribution in [0.1, 0.15) is 26.5 Å². The predicted molar refractivity (Wildman–Crippen MR) is 116 cm³/mol. The maximum absolute atomic E-state index is 12.1. The number of carboxylic acid groups (broad SMARTS) is 1. The average Bonchev–Trinajstić information content (AvgIpc) is 3.17. The highest BCUT2D eigenvalue weighted by Gasteiger charge is 2.38. The van der Waals surface area contributed by atoms with Crippen molar-refractivity contribution < 1.29 is 36.6 Å². The van der Waals surface area contributed by atoms with Gasteiger partial charge in [-0.05, 0) is 35.4 Å². The molecule has 4 N–H and O–H groups in total. The second kappa shape index (κ2) is 9.89. The Hall–Kier alpha value is -2.96. The number of fused-ring (bicyclic) bond motifs is 1. The summed E-state index contributed by atoms with van der Waals surface area (Å²) in [5.74, 6) is -2.76. The maximum Gasteiger partial charge on any atom is 0.490 e. The molecule has 0 amide bonds. The number of aromatic nitrogens is 2. The molecule has 0 aliphatic heterocycles. The van der Waals surface area contributed by atoms with Gasteiger partial charge in [0.25, 0.3) is 0 Å². The van der Waals surface area contributed by atoms with Crippen molar-refractivity contribution in [3.63, 3.8) is 0 Å². The number of alkyl halides is 3. The molecule has 3 aromatic rings. The molecule has 0 aliphatic rings. The average molecular weight is 488 g/mol. The fourth-order valence-electron chi connectivity index (χ4n) is 2.76. The number of benzene rings is 1. The summed E-state index contributed by atoms with van der Waals surface area (Å²) in [6.07, 6.45) is -3.34. The van der Waals surface area contributed by atoms with E-state index in [0.717, 1.165) is 27.9 Å². The van der Waals surface area contributed by atoms with Crippen molar-refractivity contribution in [3.05, 3.63) is 48.3 Å². The van der Waals surface area contributed by atoms with Crippen molar-refractivity contribution in [2.75, 3.05) is 13.2 Å². The zero-order chi connectivity index (χ0) is 25.0. The van der Waals surface area contributed by atoms with Crippen molar-refractivity contribution in [2.24, 2.45) is 0 Å². The van der Waals surface area contributed by atoms with E-state index in [1.165, 1.54) is 0 Å². The largest absolute Gasteiger partial charge is 0.490 e. The molecule has 3 rings (SSSR count). The van der Waals surface area contributed by atoms with Crippen molar-refractivity contribution in [2.45, 2.75) is 37.3 Å². The normalized spacial score (nSPS) is 12.3. The van der Waals surface area contributed by atoms with Crippen molar-refractivity contribution in [1.29, 1.82) is 0 Å². The molecule has 0 saturated heterocycles. The summed E-state index contributed by atoms with van der Waals surface area (Å²) in [6.45, 7) is 6.16. The van der Waals surface area contributed by atoms with Gasteiger partial charge < -0.3 is 15.2 Å². The Bertz CT molecular complexity index is 1210. The number of aliphatic carboxylic acids is 1. The summed E-state index contributed by atoms with van der Waals surface area (Å²) in [5, 5.41) is 16.9. The highest BCUT2D eigenvalue weighted by atomic mass is 32.2. The fraction of sp³-hybridized carbons (Fsp3) is 0.333. The van der Waals surface area contributed by atoms with E-state index < -0.39 is 22.2 Å².